The van der Waals surface area contributed by atoms with Gasteiger partial charge in [0, 0.05) is 43.9 Å². The molecule has 0 bridgehead atoms. The minimum atomic E-state index is -0.671. The van der Waals surface area contributed by atoms with E-state index in [4.69, 9.17) is 14.2 Å². The first-order chi connectivity index (χ1) is 15.1. The summed E-state index contributed by atoms with van der Waals surface area (Å²) in [6, 6.07) is 12.1. The largest absolute Gasteiger partial charge is 0.494 e. The van der Waals surface area contributed by atoms with Crippen LogP contribution in [0.15, 0.2) is 48.7 Å². The smallest absolute Gasteiger partial charge is 0.145 e. The standard InChI is InChI=1S/C24H27FN2O4/c1-29-23-6-5-21(22-4-2-7-26-24(22)23)17-12-18(25)14-20(13-17)31-16-19(28)15-27-8-3-10-30-11-9-27/h2,4-7,12-14,19,28H,3,8-11,15-16H2,1H3. The van der Waals surface area contributed by atoms with Crippen molar-refractivity contribution >= 4 is 10.9 Å². The molecule has 0 amide bonds. The average Bonchev–Trinajstić information content (AvgIpc) is 3.05. The lowest BCUT2D eigenvalue weighted by Gasteiger charge is -2.22. The van der Waals surface area contributed by atoms with E-state index in [1.165, 1.54) is 12.1 Å². The van der Waals surface area contributed by atoms with Crippen LogP contribution in [0.4, 0.5) is 4.39 Å². The summed E-state index contributed by atoms with van der Waals surface area (Å²) in [6.07, 6.45) is 1.98. The summed E-state index contributed by atoms with van der Waals surface area (Å²) in [5.74, 6) is 0.634. The van der Waals surface area contributed by atoms with Crippen molar-refractivity contribution in [1.82, 2.24) is 9.88 Å². The Morgan fingerprint density at radius 2 is 2.10 bits per heavy atom. The second kappa shape index (κ2) is 10.0. The Kier molecular flexibility index (Phi) is 6.96. The Hall–Kier alpha value is -2.74. The number of pyridine rings is 1. The highest BCUT2D eigenvalue weighted by Gasteiger charge is 2.16. The molecule has 2 heterocycles. The fourth-order valence-electron chi connectivity index (χ4n) is 3.89. The van der Waals surface area contributed by atoms with E-state index in [1.54, 1.807) is 19.4 Å². The number of hydrogen-bond acceptors (Lipinski definition) is 6. The van der Waals surface area contributed by atoms with E-state index in [9.17, 15) is 9.50 Å². The van der Waals surface area contributed by atoms with Crippen molar-refractivity contribution in [3.8, 4) is 22.6 Å². The number of nitrogens with zero attached hydrogens (tertiary/aromatic N) is 2. The molecule has 1 atom stereocenters. The fourth-order valence-corrected chi connectivity index (χ4v) is 3.89. The normalized spacial score (nSPS) is 16.1. The van der Waals surface area contributed by atoms with Crippen LogP contribution in [0.25, 0.3) is 22.0 Å². The van der Waals surface area contributed by atoms with Gasteiger partial charge in [0.2, 0.25) is 0 Å². The molecule has 3 aromatic rings. The lowest BCUT2D eigenvalue weighted by molar-refractivity contribution is 0.0657. The van der Waals surface area contributed by atoms with Gasteiger partial charge >= 0.3 is 0 Å². The second-order valence-corrected chi connectivity index (χ2v) is 7.62. The quantitative estimate of drug-likeness (QED) is 0.624. The van der Waals surface area contributed by atoms with Gasteiger partial charge in [0.25, 0.3) is 0 Å². The summed E-state index contributed by atoms with van der Waals surface area (Å²) in [5.41, 5.74) is 2.22. The van der Waals surface area contributed by atoms with Gasteiger partial charge in [-0.15, -0.1) is 0 Å². The minimum Gasteiger partial charge on any atom is -0.494 e. The summed E-state index contributed by atoms with van der Waals surface area (Å²) in [5, 5.41) is 11.2. The van der Waals surface area contributed by atoms with Crippen LogP contribution in [-0.4, -0.2) is 67.7 Å². The topological polar surface area (TPSA) is 64.0 Å². The molecule has 1 fully saturated rings. The summed E-state index contributed by atoms with van der Waals surface area (Å²) in [4.78, 5) is 6.57. The Labute approximate surface area is 181 Å². The SMILES string of the molecule is COc1ccc(-c2cc(F)cc(OCC(O)CN3CCCOCC3)c2)c2cccnc12. The zero-order valence-electron chi connectivity index (χ0n) is 17.6. The number of ether oxygens (including phenoxy) is 3. The monoisotopic (exact) mass is 426 g/mol. The van der Waals surface area contributed by atoms with E-state index in [2.05, 4.69) is 9.88 Å². The van der Waals surface area contributed by atoms with Gasteiger partial charge in [0.05, 0.1) is 13.7 Å². The van der Waals surface area contributed by atoms with Gasteiger partial charge in [-0.25, -0.2) is 4.39 Å². The predicted octanol–water partition coefficient (Wildman–Crippen LogP) is 3.51. The van der Waals surface area contributed by atoms with E-state index < -0.39 is 11.9 Å². The van der Waals surface area contributed by atoms with Gasteiger partial charge in [-0.05, 0) is 47.9 Å². The third-order valence-corrected chi connectivity index (χ3v) is 5.36. The number of fused-ring (bicyclic) bond motifs is 1. The van der Waals surface area contributed by atoms with Crippen molar-refractivity contribution in [3.63, 3.8) is 0 Å². The molecule has 6 nitrogen and oxygen atoms in total. The Bertz CT molecular complexity index is 1020. The maximum Gasteiger partial charge on any atom is 0.145 e. The molecule has 1 saturated heterocycles. The fraction of sp³-hybridized carbons (Fsp3) is 0.375. The highest BCUT2D eigenvalue weighted by molar-refractivity contribution is 5.97. The molecular weight excluding hydrogens is 399 g/mol. The van der Waals surface area contributed by atoms with Crippen LogP contribution in [0.3, 0.4) is 0 Å². The Balaban J connectivity index is 1.51. The maximum atomic E-state index is 14.4. The van der Waals surface area contributed by atoms with Crippen LogP contribution < -0.4 is 9.47 Å². The lowest BCUT2D eigenvalue weighted by Crippen LogP contribution is -2.37. The molecule has 7 heteroatoms. The molecule has 1 aliphatic rings. The van der Waals surface area contributed by atoms with Gasteiger partial charge < -0.3 is 19.3 Å². The average molecular weight is 426 g/mol. The maximum absolute atomic E-state index is 14.4. The van der Waals surface area contributed by atoms with Crippen LogP contribution >= 0.6 is 0 Å². The van der Waals surface area contributed by atoms with Crippen molar-refractivity contribution in [2.45, 2.75) is 12.5 Å². The van der Waals surface area contributed by atoms with Crippen molar-refractivity contribution < 1.29 is 23.7 Å². The van der Waals surface area contributed by atoms with Crippen molar-refractivity contribution in [2.24, 2.45) is 0 Å². The Morgan fingerprint density at radius 1 is 1.19 bits per heavy atom. The van der Waals surface area contributed by atoms with E-state index in [0.29, 0.717) is 35.7 Å². The van der Waals surface area contributed by atoms with Crippen LogP contribution in [0.1, 0.15) is 6.42 Å². The predicted molar refractivity (Wildman–Crippen MR) is 117 cm³/mol. The summed E-state index contributed by atoms with van der Waals surface area (Å²) in [7, 11) is 1.60. The molecule has 0 saturated carbocycles. The minimum absolute atomic E-state index is 0.0885. The van der Waals surface area contributed by atoms with Crippen LogP contribution in [-0.2, 0) is 4.74 Å². The molecule has 164 valence electrons. The number of rotatable bonds is 7. The highest BCUT2D eigenvalue weighted by Crippen LogP contribution is 2.35. The number of methoxy groups -OCH3 is 1. The van der Waals surface area contributed by atoms with Gasteiger partial charge in [0.1, 0.15) is 35.5 Å². The summed E-state index contributed by atoms with van der Waals surface area (Å²) < 4.78 is 31.0. The number of aliphatic hydroxyl groups excluding tert-OH is 1. The number of halogens is 1. The third kappa shape index (κ3) is 5.31. The van der Waals surface area contributed by atoms with Crippen molar-refractivity contribution in [1.29, 1.82) is 0 Å². The molecule has 31 heavy (non-hydrogen) atoms. The molecule has 1 unspecified atom stereocenters. The molecule has 0 aliphatic carbocycles. The molecular formula is C24H27FN2O4. The van der Waals surface area contributed by atoms with Gasteiger partial charge in [-0.2, -0.15) is 0 Å². The number of benzene rings is 2. The van der Waals surface area contributed by atoms with Crippen molar-refractivity contribution in [3.05, 3.63) is 54.5 Å². The molecule has 1 N–H and O–H groups in total. The molecule has 4 rings (SSSR count). The Morgan fingerprint density at radius 3 is 2.97 bits per heavy atom. The summed E-state index contributed by atoms with van der Waals surface area (Å²) >= 11 is 0. The first-order valence-corrected chi connectivity index (χ1v) is 10.5. The number of β-amino-alcohol motifs (C(OH)–C–C–N with tert-alkyl or cyclic N) is 1. The lowest BCUT2D eigenvalue weighted by atomic mass is 10.00. The molecule has 0 spiro atoms. The zero-order chi connectivity index (χ0) is 21.6. The van der Waals surface area contributed by atoms with Gasteiger partial charge in [0.15, 0.2) is 0 Å². The highest BCUT2D eigenvalue weighted by atomic mass is 19.1. The zero-order valence-corrected chi connectivity index (χ0v) is 17.6. The first-order valence-electron chi connectivity index (χ1n) is 10.5. The van der Waals surface area contributed by atoms with E-state index in [0.717, 1.165) is 37.1 Å². The summed E-state index contributed by atoms with van der Waals surface area (Å²) in [6.45, 7) is 3.70. The van der Waals surface area contributed by atoms with Crippen LogP contribution in [0.5, 0.6) is 11.5 Å². The third-order valence-electron chi connectivity index (χ3n) is 5.36. The molecule has 1 aromatic heterocycles. The number of hydrogen-bond donors (Lipinski definition) is 1. The van der Waals surface area contributed by atoms with Gasteiger partial charge in [-0.1, -0.05) is 6.07 Å². The molecule has 1 aliphatic heterocycles. The van der Waals surface area contributed by atoms with Crippen LogP contribution in [0.2, 0.25) is 0 Å². The van der Waals surface area contributed by atoms with E-state index in [-0.39, 0.29) is 6.61 Å². The number of aliphatic hydroxyl groups is 1. The van der Waals surface area contributed by atoms with E-state index in [1.807, 2.05) is 24.3 Å². The van der Waals surface area contributed by atoms with Crippen molar-refractivity contribution in [2.75, 3.05) is 46.6 Å². The van der Waals surface area contributed by atoms with E-state index >= 15 is 0 Å². The second-order valence-electron chi connectivity index (χ2n) is 7.62. The first kappa shape index (κ1) is 21.5. The number of aromatic nitrogens is 1. The van der Waals surface area contributed by atoms with Gasteiger partial charge in [-0.3, -0.25) is 9.88 Å². The molecule has 2 aromatic carbocycles. The molecule has 0 radical (unpaired) electrons. The van der Waals surface area contributed by atoms with Crippen LogP contribution in [0, 0.1) is 5.82 Å².